The van der Waals surface area contributed by atoms with E-state index in [4.69, 9.17) is 4.74 Å². The number of pyridine rings is 1. The Morgan fingerprint density at radius 1 is 1.09 bits per heavy atom. The number of hydrogen-bond acceptors (Lipinski definition) is 5. The minimum Gasteiger partial charge on any atom is -0.507 e. The zero-order valence-electron chi connectivity index (χ0n) is 17.6. The van der Waals surface area contributed by atoms with Crippen LogP contribution in [0.1, 0.15) is 34.7 Å². The highest BCUT2D eigenvalue weighted by molar-refractivity contribution is 6.51. The summed E-state index contributed by atoms with van der Waals surface area (Å²) >= 11 is 0. The molecule has 1 aromatic heterocycles. The number of ether oxygens (including phenoxy) is 1. The molecule has 1 atom stereocenters. The predicted molar refractivity (Wildman–Crippen MR) is 120 cm³/mol. The van der Waals surface area contributed by atoms with Crippen molar-refractivity contribution in [3.05, 3.63) is 94.8 Å². The molecule has 5 rings (SSSR count). The molecule has 2 aliphatic heterocycles. The van der Waals surface area contributed by atoms with Gasteiger partial charge in [0, 0.05) is 23.6 Å². The van der Waals surface area contributed by atoms with Crippen LogP contribution in [0.5, 0.6) is 5.75 Å². The van der Waals surface area contributed by atoms with E-state index >= 15 is 0 Å². The summed E-state index contributed by atoms with van der Waals surface area (Å²) in [6, 6.07) is 15.5. The Labute approximate surface area is 185 Å². The Balaban J connectivity index is 1.70. The van der Waals surface area contributed by atoms with E-state index < -0.39 is 17.7 Å². The predicted octanol–water partition coefficient (Wildman–Crippen LogP) is 4.34. The first-order valence-corrected chi connectivity index (χ1v) is 10.6. The van der Waals surface area contributed by atoms with Crippen molar-refractivity contribution in [3.63, 3.8) is 0 Å². The third-order valence-electron chi connectivity index (χ3n) is 6.02. The van der Waals surface area contributed by atoms with Crippen LogP contribution >= 0.6 is 0 Å². The van der Waals surface area contributed by atoms with Gasteiger partial charge in [-0.25, -0.2) is 0 Å². The molecule has 32 heavy (non-hydrogen) atoms. The number of para-hydroxylation sites is 1. The van der Waals surface area contributed by atoms with E-state index in [1.165, 1.54) is 4.90 Å². The number of aromatic nitrogens is 1. The molecule has 3 heterocycles. The standard InChI is InChI=1S/C26H22N2O4/c1-16-5-2-3-7-20(16)28-23(17-10-12-27-13-11-17)22(25(30)26(28)31)24(29)19-8-9-21-18(15-19)6-4-14-32-21/h2-3,5,7-13,15,23,29H,4,6,14H2,1H3/b24-22-. The van der Waals surface area contributed by atoms with Gasteiger partial charge in [-0.2, -0.15) is 0 Å². The number of benzene rings is 2. The molecule has 1 fully saturated rings. The third-order valence-corrected chi connectivity index (χ3v) is 6.02. The summed E-state index contributed by atoms with van der Waals surface area (Å²) in [5, 5.41) is 11.3. The average molecular weight is 426 g/mol. The summed E-state index contributed by atoms with van der Waals surface area (Å²) in [5.41, 5.74) is 3.74. The normalized spacial score (nSPS) is 19.5. The maximum Gasteiger partial charge on any atom is 0.300 e. The molecule has 1 saturated heterocycles. The van der Waals surface area contributed by atoms with Crippen molar-refractivity contribution >= 4 is 23.1 Å². The molecule has 6 nitrogen and oxygen atoms in total. The van der Waals surface area contributed by atoms with Crippen LogP contribution in [0, 0.1) is 6.92 Å². The van der Waals surface area contributed by atoms with Gasteiger partial charge in [0.05, 0.1) is 18.2 Å². The molecule has 0 saturated carbocycles. The number of nitrogens with zero attached hydrogens (tertiary/aromatic N) is 2. The highest BCUT2D eigenvalue weighted by atomic mass is 16.5. The fourth-order valence-corrected chi connectivity index (χ4v) is 4.44. The Kier molecular flexibility index (Phi) is 4.98. The van der Waals surface area contributed by atoms with Crippen molar-refractivity contribution in [1.29, 1.82) is 0 Å². The molecule has 6 heteroatoms. The molecule has 0 bridgehead atoms. The maximum absolute atomic E-state index is 13.2. The number of rotatable bonds is 3. The number of carbonyl (C=O) groups is 2. The lowest BCUT2D eigenvalue weighted by Gasteiger charge is -2.26. The summed E-state index contributed by atoms with van der Waals surface area (Å²) < 4.78 is 5.67. The largest absolute Gasteiger partial charge is 0.507 e. The lowest BCUT2D eigenvalue weighted by Crippen LogP contribution is -2.30. The number of aryl methyl sites for hydroxylation is 2. The van der Waals surface area contributed by atoms with E-state index in [0.29, 0.717) is 23.4 Å². The molecule has 0 radical (unpaired) electrons. The Morgan fingerprint density at radius 2 is 1.88 bits per heavy atom. The van der Waals surface area contributed by atoms with E-state index in [1.807, 2.05) is 43.3 Å². The van der Waals surface area contributed by atoms with Crippen LogP contribution < -0.4 is 9.64 Å². The summed E-state index contributed by atoms with van der Waals surface area (Å²) in [5.74, 6) is -0.765. The lowest BCUT2D eigenvalue weighted by atomic mass is 9.94. The number of carbonyl (C=O) groups excluding carboxylic acids is 2. The van der Waals surface area contributed by atoms with Crippen LogP contribution in [0.25, 0.3) is 5.76 Å². The fourth-order valence-electron chi connectivity index (χ4n) is 4.44. The van der Waals surface area contributed by atoms with Crippen LogP contribution in [0.15, 0.2) is 72.6 Å². The minimum atomic E-state index is -0.758. The minimum absolute atomic E-state index is 0.0705. The topological polar surface area (TPSA) is 79.7 Å². The van der Waals surface area contributed by atoms with E-state index in [9.17, 15) is 14.7 Å². The van der Waals surface area contributed by atoms with Gasteiger partial charge in [-0.3, -0.25) is 19.5 Å². The third kappa shape index (κ3) is 3.24. The molecule has 3 aromatic rings. The second-order valence-electron chi connectivity index (χ2n) is 8.01. The number of aliphatic hydroxyl groups is 1. The zero-order valence-corrected chi connectivity index (χ0v) is 17.6. The number of anilines is 1. The van der Waals surface area contributed by atoms with Crippen molar-refractivity contribution in [2.45, 2.75) is 25.8 Å². The van der Waals surface area contributed by atoms with Crippen LogP contribution in [-0.2, 0) is 16.0 Å². The van der Waals surface area contributed by atoms with E-state index in [1.54, 1.807) is 30.6 Å². The molecule has 1 unspecified atom stereocenters. The summed E-state index contributed by atoms with van der Waals surface area (Å²) in [4.78, 5) is 32.0. The average Bonchev–Trinajstić information content (AvgIpc) is 3.09. The zero-order chi connectivity index (χ0) is 22.2. The number of hydrogen-bond donors (Lipinski definition) is 1. The second kappa shape index (κ2) is 7.96. The Morgan fingerprint density at radius 3 is 2.66 bits per heavy atom. The van der Waals surface area contributed by atoms with Gasteiger partial charge in [0.1, 0.15) is 11.5 Å². The Bertz CT molecular complexity index is 1250. The molecular formula is C26H22N2O4. The van der Waals surface area contributed by atoms with E-state index in [-0.39, 0.29) is 11.3 Å². The van der Waals surface area contributed by atoms with Crippen LogP contribution in [-0.4, -0.2) is 28.4 Å². The monoisotopic (exact) mass is 426 g/mol. The summed E-state index contributed by atoms with van der Waals surface area (Å²) in [7, 11) is 0. The molecule has 1 N–H and O–H groups in total. The van der Waals surface area contributed by atoms with Gasteiger partial charge in [0.25, 0.3) is 11.7 Å². The molecular weight excluding hydrogens is 404 g/mol. The van der Waals surface area contributed by atoms with Gasteiger partial charge in [0.2, 0.25) is 0 Å². The highest BCUT2D eigenvalue weighted by Crippen LogP contribution is 2.43. The van der Waals surface area contributed by atoms with Crippen LogP contribution in [0.4, 0.5) is 5.69 Å². The fraction of sp³-hybridized carbons (Fsp3) is 0.192. The van der Waals surface area contributed by atoms with Crippen molar-refractivity contribution in [2.24, 2.45) is 0 Å². The molecule has 2 aliphatic rings. The Hall–Kier alpha value is -3.93. The van der Waals surface area contributed by atoms with Crippen LogP contribution in [0.3, 0.4) is 0 Å². The van der Waals surface area contributed by atoms with Crippen molar-refractivity contribution < 1.29 is 19.4 Å². The number of aliphatic hydroxyl groups excluding tert-OH is 1. The SMILES string of the molecule is Cc1ccccc1N1C(=O)C(=O)/C(=C(\O)c2ccc3c(c2)CCCO3)C1c1ccncc1. The first-order chi connectivity index (χ1) is 15.6. The van der Waals surface area contributed by atoms with Gasteiger partial charge >= 0.3 is 0 Å². The quantitative estimate of drug-likeness (QED) is 0.383. The lowest BCUT2D eigenvalue weighted by molar-refractivity contribution is -0.132. The smallest absolute Gasteiger partial charge is 0.300 e. The number of Topliss-reactive ketones (excluding diaryl/α,β-unsaturated/α-hetero) is 1. The highest BCUT2D eigenvalue weighted by Gasteiger charge is 2.47. The van der Waals surface area contributed by atoms with Gasteiger partial charge < -0.3 is 9.84 Å². The van der Waals surface area contributed by atoms with Crippen molar-refractivity contribution in [1.82, 2.24) is 4.98 Å². The number of amides is 1. The van der Waals surface area contributed by atoms with E-state index in [2.05, 4.69) is 4.98 Å². The molecule has 160 valence electrons. The van der Waals surface area contributed by atoms with Gasteiger partial charge in [-0.05, 0) is 72.9 Å². The van der Waals surface area contributed by atoms with Crippen molar-refractivity contribution in [3.8, 4) is 5.75 Å². The molecule has 0 aliphatic carbocycles. The van der Waals surface area contributed by atoms with Gasteiger partial charge in [-0.1, -0.05) is 18.2 Å². The van der Waals surface area contributed by atoms with Gasteiger partial charge in [0.15, 0.2) is 0 Å². The molecule has 1 amide bonds. The maximum atomic E-state index is 13.2. The number of ketones is 1. The van der Waals surface area contributed by atoms with Gasteiger partial charge in [-0.15, -0.1) is 0 Å². The summed E-state index contributed by atoms with van der Waals surface area (Å²) in [6.45, 7) is 2.56. The molecule has 2 aromatic carbocycles. The van der Waals surface area contributed by atoms with Crippen LogP contribution in [0.2, 0.25) is 0 Å². The first kappa shape index (κ1) is 20.0. The number of fused-ring (bicyclic) bond motifs is 1. The summed E-state index contributed by atoms with van der Waals surface area (Å²) in [6.07, 6.45) is 4.96. The first-order valence-electron chi connectivity index (χ1n) is 10.6. The second-order valence-corrected chi connectivity index (χ2v) is 8.01. The molecule has 0 spiro atoms. The van der Waals surface area contributed by atoms with E-state index in [0.717, 1.165) is 29.7 Å². The van der Waals surface area contributed by atoms with Crippen molar-refractivity contribution in [2.75, 3.05) is 11.5 Å².